The summed E-state index contributed by atoms with van der Waals surface area (Å²) in [4.78, 5) is 0. The summed E-state index contributed by atoms with van der Waals surface area (Å²) >= 11 is 6.47. The van der Waals surface area contributed by atoms with Gasteiger partial charge in [-0.05, 0) is 47.5 Å². The number of aliphatic hydroxyl groups excluding tert-OH is 1. The van der Waals surface area contributed by atoms with Crippen molar-refractivity contribution in [3.8, 4) is 0 Å². The molecule has 2 aromatic carbocycles. The average molecular weight is 392 g/mol. The predicted octanol–water partition coefficient (Wildman–Crippen LogP) is 4.77. The highest BCUT2D eigenvalue weighted by atomic mass is 79.9. The average Bonchev–Trinajstić information content (AvgIpc) is 2.32. The summed E-state index contributed by atoms with van der Waals surface area (Å²) in [7, 11) is 0. The minimum atomic E-state index is -0.898. The van der Waals surface area contributed by atoms with Crippen molar-refractivity contribution >= 4 is 31.9 Å². The van der Waals surface area contributed by atoms with Gasteiger partial charge in [0, 0.05) is 15.4 Å². The summed E-state index contributed by atoms with van der Waals surface area (Å²) < 4.78 is 27.7. The van der Waals surface area contributed by atoms with Gasteiger partial charge in [0.25, 0.3) is 0 Å². The van der Waals surface area contributed by atoms with Gasteiger partial charge in [-0.1, -0.05) is 31.9 Å². The molecule has 0 aliphatic rings. The molecule has 0 aliphatic carbocycles. The molecule has 5 heteroatoms. The van der Waals surface area contributed by atoms with Gasteiger partial charge in [0.05, 0.1) is 6.10 Å². The van der Waals surface area contributed by atoms with E-state index < -0.39 is 11.9 Å². The van der Waals surface area contributed by atoms with Gasteiger partial charge < -0.3 is 5.11 Å². The molecule has 1 nitrogen and oxygen atoms in total. The predicted molar refractivity (Wildman–Crippen MR) is 76.9 cm³/mol. The van der Waals surface area contributed by atoms with E-state index in [1.807, 2.05) is 0 Å². The third-order valence-electron chi connectivity index (χ3n) is 2.69. The van der Waals surface area contributed by atoms with E-state index in [4.69, 9.17) is 0 Å². The monoisotopic (exact) mass is 390 g/mol. The van der Waals surface area contributed by atoms with E-state index in [2.05, 4.69) is 31.9 Å². The van der Waals surface area contributed by atoms with Crippen LogP contribution in [-0.2, 0) is 6.42 Å². The molecule has 1 N–H and O–H groups in total. The van der Waals surface area contributed by atoms with E-state index >= 15 is 0 Å². The smallest absolute Gasteiger partial charge is 0.124 e. The number of halogens is 4. The van der Waals surface area contributed by atoms with Gasteiger partial charge in [-0.25, -0.2) is 8.78 Å². The lowest BCUT2D eigenvalue weighted by atomic mass is 10.0. The molecule has 0 saturated carbocycles. The summed E-state index contributed by atoms with van der Waals surface area (Å²) in [6, 6.07) is 8.48. The molecule has 0 fully saturated rings. The molecule has 0 heterocycles. The third-order valence-corrected chi connectivity index (χ3v) is 3.92. The van der Waals surface area contributed by atoms with E-state index in [9.17, 15) is 13.9 Å². The maximum absolute atomic E-state index is 13.3. The topological polar surface area (TPSA) is 20.2 Å². The van der Waals surface area contributed by atoms with Crippen LogP contribution in [0, 0.1) is 11.6 Å². The SMILES string of the molecule is OC(Cc1cc(F)ccc1Br)c1cc(F)cc(Br)c1. The fourth-order valence-electron chi connectivity index (χ4n) is 1.79. The van der Waals surface area contributed by atoms with Crippen molar-refractivity contribution in [1.82, 2.24) is 0 Å². The minimum absolute atomic E-state index is 0.203. The van der Waals surface area contributed by atoms with Crippen LogP contribution in [0.15, 0.2) is 45.3 Å². The summed E-state index contributed by atoms with van der Waals surface area (Å²) in [6.07, 6.45) is -0.695. The van der Waals surface area contributed by atoms with Crippen LogP contribution in [0.4, 0.5) is 8.78 Å². The molecule has 100 valence electrons. The second kappa shape index (κ2) is 6.11. The fourth-order valence-corrected chi connectivity index (χ4v) is 2.68. The van der Waals surface area contributed by atoms with E-state index in [1.165, 1.54) is 24.3 Å². The first kappa shape index (κ1) is 14.6. The Labute approximate surface area is 126 Å². The van der Waals surface area contributed by atoms with Gasteiger partial charge in [-0.15, -0.1) is 0 Å². The highest BCUT2D eigenvalue weighted by Gasteiger charge is 2.13. The van der Waals surface area contributed by atoms with Gasteiger partial charge in [0.15, 0.2) is 0 Å². The van der Waals surface area contributed by atoms with Crippen molar-refractivity contribution in [3.63, 3.8) is 0 Å². The van der Waals surface area contributed by atoms with Crippen molar-refractivity contribution in [1.29, 1.82) is 0 Å². The number of rotatable bonds is 3. The molecule has 2 rings (SSSR count). The molecule has 0 aliphatic heterocycles. The van der Waals surface area contributed by atoms with E-state index in [0.29, 0.717) is 20.1 Å². The Kier molecular flexibility index (Phi) is 4.71. The Balaban J connectivity index is 2.25. The Morgan fingerprint density at radius 2 is 1.74 bits per heavy atom. The standard InChI is InChI=1S/C14H10Br2F2O/c15-10-3-9(5-12(18)7-10)14(19)6-8-4-11(17)1-2-13(8)16/h1-5,7,14,19H,6H2. The zero-order chi connectivity index (χ0) is 14.0. The van der Waals surface area contributed by atoms with Crippen molar-refractivity contribution in [2.45, 2.75) is 12.5 Å². The molecule has 0 aromatic heterocycles. The molecule has 1 atom stereocenters. The largest absolute Gasteiger partial charge is 0.388 e. The molecule has 0 amide bonds. The lowest BCUT2D eigenvalue weighted by Crippen LogP contribution is -2.03. The number of hydrogen-bond acceptors (Lipinski definition) is 1. The number of hydrogen-bond donors (Lipinski definition) is 1. The lowest BCUT2D eigenvalue weighted by Gasteiger charge is -2.13. The van der Waals surface area contributed by atoms with Crippen LogP contribution < -0.4 is 0 Å². The zero-order valence-electron chi connectivity index (χ0n) is 9.71. The van der Waals surface area contributed by atoms with E-state index in [0.717, 1.165) is 0 Å². The molecule has 0 radical (unpaired) electrons. The van der Waals surface area contributed by atoms with Crippen molar-refractivity contribution in [3.05, 3.63) is 68.1 Å². The van der Waals surface area contributed by atoms with Crippen LogP contribution in [0.2, 0.25) is 0 Å². The van der Waals surface area contributed by atoms with Crippen molar-refractivity contribution in [2.75, 3.05) is 0 Å². The maximum Gasteiger partial charge on any atom is 0.124 e. The van der Waals surface area contributed by atoms with Crippen LogP contribution in [0.1, 0.15) is 17.2 Å². The first-order valence-corrected chi connectivity index (χ1v) is 7.12. The lowest BCUT2D eigenvalue weighted by molar-refractivity contribution is 0.177. The van der Waals surface area contributed by atoms with Gasteiger partial charge in [-0.3, -0.25) is 0 Å². The van der Waals surface area contributed by atoms with Crippen LogP contribution in [0.5, 0.6) is 0 Å². The molecule has 1 unspecified atom stereocenters. The summed E-state index contributed by atoms with van der Waals surface area (Å²) in [5.41, 5.74) is 1.08. The molecule has 0 spiro atoms. The van der Waals surface area contributed by atoms with Crippen LogP contribution >= 0.6 is 31.9 Å². The molecular weight excluding hydrogens is 382 g/mol. The Hall–Kier alpha value is -0.780. The van der Waals surface area contributed by atoms with Crippen LogP contribution in [-0.4, -0.2) is 5.11 Å². The molecule has 0 bridgehead atoms. The van der Waals surface area contributed by atoms with Crippen LogP contribution in [0.25, 0.3) is 0 Å². The zero-order valence-corrected chi connectivity index (χ0v) is 12.9. The van der Waals surface area contributed by atoms with Crippen molar-refractivity contribution in [2.24, 2.45) is 0 Å². The van der Waals surface area contributed by atoms with Gasteiger partial charge in [-0.2, -0.15) is 0 Å². The first-order chi connectivity index (χ1) is 8.95. The minimum Gasteiger partial charge on any atom is -0.388 e. The van der Waals surface area contributed by atoms with Gasteiger partial charge in [0.2, 0.25) is 0 Å². The summed E-state index contributed by atoms with van der Waals surface area (Å²) in [5, 5.41) is 10.1. The van der Waals surface area contributed by atoms with Gasteiger partial charge in [0.1, 0.15) is 11.6 Å². The van der Waals surface area contributed by atoms with Crippen LogP contribution in [0.3, 0.4) is 0 Å². The fraction of sp³-hybridized carbons (Fsp3) is 0.143. The number of aliphatic hydroxyl groups is 1. The third kappa shape index (κ3) is 3.84. The van der Waals surface area contributed by atoms with E-state index in [1.54, 1.807) is 12.1 Å². The summed E-state index contributed by atoms with van der Waals surface area (Å²) in [6.45, 7) is 0. The highest BCUT2D eigenvalue weighted by Crippen LogP contribution is 2.26. The first-order valence-electron chi connectivity index (χ1n) is 5.53. The number of benzene rings is 2. The Bertz CT molecular complexity index is 582. The Morgan fingerprint density at radius 1 is 1.00 bits per heavy atom. The van der Waals surface area contributed by atoms with Crippen molar-refractivity contribution < 1.29 is 13.9 Å². The highest BCUT2D eigenvalue weighted by molar-refractivity contribution is 9.10. The second-order valence-electron chi connectivity index (χ2n) is 4.16. The summed E-state index contributed by atoms with van der Waals surface area (Å²) in [5.74, 6) is -0.799. The second-order valence-corrected chi connectivity index (χ2v) is 5.93. The Morgan fingerprint density at radius 3 is 2.42 bits per heavy atom. The molecule has 2 aromatic rings. The molecule has 19 heavy (non-hydrogen) atoms. The maximum atomic E-state index is 13.3. The molecule has 0 saturated heterocycles. The van der Waals surface area contributed by atoms with Gasteiger partial charge >= 0.3 is 0 Å². The normalized spacial score (nSPS) is 12.5. The van der Waals surface area contributed by atoms with E-state index in [-0.39, 0.29) is 12.2 Å². The quantitative estimate of drug-likeness (QED) is 0.799. The molecular formula is C14H10Br2F2O.